The van der Waals surface area contributed by atoms with Crippen LogP contribution in [0.5, 0.6) is 0 Å². The van der Waals surface area contributed by atoms with Crippen molar-refractivity contribution < 1.29 is 9.53 Å². The molecule has 3 rings (SSSR count). The fourth-order valence-corrected chi connectivity index (χ4v) is 4.23. The number of rotatable bonds is 0. The van der Waals surface area contributed by atoms with Gasteiger partial charge in [0, 0.05) is 29.8 Å². The fourth-order valence-electron chi connectivity index (χ4n) is 3.59. The Hall–Kier alpha value is -0.850. The summed E-state index contributed by atoms with van der Waals surface area (Å²) in [4.78, 5) is 18.7. The number of pyridine rings is 1. The standard InChI is InChI=1S/C16H21BrClN3O2/c1-15(2,3)23-14(22)21-8-16(5-4-9(19)6-16)11-12(18)10(17)7-20-13(11)21/h7,9H,4-6,8,19H2,1-3H3. The number of ether oxygens (including phenoxy) is 1. The first kappa shape index (κ1) is 17.0. The van der Waals surface area contributed by atoms with E-state index in [1.807, 2.05) is 20.8 Å². The zero-order chi connectivity index (χ0) is 17.0. The predicted molar refractivity (Wildman–Crippen MR) is 94.0 cm³/mol. The highest BCUT2D eigenvalue weighted by Crippen LogP contribution is 2.53. The molecule has 2 atom stereocenters. The number of carbonyl (C=O) groups is 1. The van der Waals surface area contributed by atoms with Crippen molar-refractivity contribution in [1.82, 2.24) is 4.98 Å². The van der Waals surface area contributed by atoms with Crippen LogP contribution in [0.3, 0.4) is 0 Å². The highest BCUT2D eigenvalue weighted by molar-refractivity contribution is 9.10. The van der Waals surface area contributed by atoms with Crippen LogP contribution in [0.15, 0.2) is 10.7 Å². The van der Waals surface area contributed by atoms with Crippen LogP contribution in [0.1, 0.15) is 45.6 Å². The van der Waals surface area contributed by atoms with Crippen molar-refractivity contribution in [2.24, 2.45) is 5.73 Å². The molecule has 126 valence electrons. The second-order valence-corrected chi connectivity index (χ2v) is 8.70. The highest BCUT2D eigenvalue weighted by atomic mass is 79.9. The van der Waals surface area contributed by atoms with E-state index in [9.17, 15) is 4.79 Å². The van der Waals surface area contributed by atoms with E-state index in [2.05, 4.69) is 20.9 Å². The van der Waals surface area contributed by atoms with Crippen LogP contribution < -0.4 is 10.6 Å². The number of amides is 1. The first-order chi connectivity index (χ1) is 10.6. The average molecular weight is 403 g/mol. The number of aromatic nitrogens is 1. The summed E-state index contributed by atoms with van der Waals surface area (Å²) in [6.07, 6.45) is 3.87. The molecule has 2 heterocycles. The van der Waals surface area contributed by atoms with E-state index in [-0.39, 0.29) is 17.6 Å². The Bertz CT molecular complexity index is 661. The van der Waals surface area contributed by atoms with Crippen molar-refractivity contribution in [3.8, 4) is 0 Å². The van der Waals surface area contributed by atoms with Crippen LogP contribution in [-0.4, -0.2) is 29.3 Å². The van der Waals surface area contributed by atoms with E-state index in [0.29, 0.717) is 17.4 Å². The van der Waals surface area contributed by atoms with Crippen molar-refractivity contribution in [3.05, 3.63) is 21.3 Å². The molecule has 2 unspecified atom stereocenters. The van der Waals surface area contributed by atoms with Crippen LogP contribution in [0.4, 0.5) is 10.6 Å². The molecule has 0 radical (unpaired) electrons. The molecule has 1 amide bonds. The molecule has 0 aromatic carbocycles. The van der Waals surface area contributed by atoms with Crippen molar-refractivity contribution >= 4 is 39.4 Å². The van der Waals surface area contributed by atoms with Crippen molar-refractivity contribution in [3.63, 3.8) is 0 Å². The lowest BCUT2D eigenvalue weighted by Gasteiger charge is -2.27. The molecule has 7 heteroatoms. The summed E-state index contributed by atoms with van der Waals surface area (Å²) in [5, 5.41) is 0.621. The maximum Gasteiger partial charge on any atom is 0.416 e. The van der Waals surface area contributed by atoms with Gasteiger partial charge in [-0.05, 0) is 56.0 Å². The minimum atomic E-state index is -0.557. The molecule has 1 aliphatic carbocycles. The lowest BCUT2D eigenvalue weighted by molar-refractivity contribution is 0.0577. The molecule has 2 aliphatic rings. The number of anilines is 1. The minimum Gasteiger partial charge on any atom is -0.443 e. The third-order valence-corrected chi connectivity index (χ3v) is 5.68. The largest absolute Gasteiger partial charge is 0.443 e. The van der Waals surface area contributed by atoms with E-state index in [0.717, 1.165) is 29.3 Å². The number of halogens is 2. The number of fused-ring (bicyclic) bond motifs is 2. The van der Waals surface area contributed by atoms with Gasteiger partial charge < -0.3 is 10.5 Å². The van der Waals surface area contributed by atoms with E-state index in [1.54, 1.807) is 11.1 Å². The highest BCUT2D eigenvalue weighted by Gasteiger charge is 2.51. The fraction of sp³-hybridized carbons (Fsp3) is 0.625. The Morgan fingerprint density at radius 3 is 2.83 bits per heavy atom. The molecule has 0 saturated heterocycles. The van der Waals surface area contributed by atoms with Gasteiger partial charge in [0.1, 0.15) is 11.4 Å². The topological polar surface area (TPSA) is 68.5 Å². The zero-order valence-corrected chi connectivity index (χ0v) is 15.9. The van der Waals surface area contributed by atoms with Gasteiger partial charge in [0.25, 0.3) is 0 Å². The molecule has 1 spiro atoms. The van der Waals surface area contributed by atoms with Gasteiger partial charge in [-0.25, -0.2) is 9.78 Å². The van der Waals surface area contributed by atoms with Gasteiger partial charge in [0.05, 0.1) is 9.50 Å². The molecule has 1 aliphatic heterocycles. The van der Waals surface area contributed by atoms with Gasteiger partial charge in [-0.2, -0.15) is 0 Å². The summed E-state index contributed by atoms with van der Waals surface area (Å²) in [5.74, 6) is 0.599. The van der Waals surface area contributed by atoms with E-state index < -0.39 is 5.60 Å². The predicted octanol–water partition coefficient (Wildman–Crippen LogP) is 4.00. The summed E-state index contributed by atoms with van der Waals surface area (Å²) in [6, 6.07) is 0.122. The maximum absolute atomic E-state index is 12.6. The molecule has 23 heavy (non-hydrogen) atoms. The molecule has 2 N–H and O–H groups in total. The van der Waals surface area contributed by atoms with E-state index >= 15 is 0 Å². The van der Waals surface area contributed by atoms with Gasteiger partial charge in [0.15, 0.2) is 0 Å². The van der Waals surface area contributed by atoms with Gasteiger partial charge in [-0.3, -0.25) is 4.90 Å². The Balaban J connectivity index is 2.05. The summed E-state index contributed by atoms with van der Waals surface area (Å²) < 4.78 is 6.28. The SMILES string of the molecule is CC(C)(C)OC(=O)N1CC2(CCC(N)C2)c2c1ncc(Br)c2Cl. The Labute approximate surface area is 149 Å². The lowest BCUT2D eigenvalue weighted by Crippen LogP contribution is -2.40. The monoisotopic (exact) mass is 401 g/mol. The first-order valence-corrected chi connectivity index (χ1v) is 8.91. The summed E-state index contributed by atoms with van der Waals surface area (Å²) in [6.45, 7) is 6.08. The molecule has 1 aromatic rings. The first-order valence-electron chi connectivity index (χ1n) is 7.73. The lowest BCUT2D eigenvalue weighted by atomic mass is 9.81. The van der Waals surface area contributed by atoms with Crippen molar-refractivity contribution in [2.75, 3.05) is 11.4 Å². The number of hydrogen-bond donors (Lipinski definition) is 1. The van der Waals surface area contributed by atoms with Gasteiger partial charge in [-0.15, -0.1) is 0 Å². The maximum atomic E-state index is 12.6. The third kappa shape index (κ3) is 2.96. The summed E-state index contributed by atoms with van der Waals surface area (Å²) in [5.41, 5.74) is 6.29. The quantitative estimate of drug-likeness (QED) is 0.712. The molecule has 5 nitrogen and oxygen atoms in total. The average Bonchev–Trinajstić information content (AvgIpc) is 2.94. The van der Waals surface area contributed by atoms with Crippen LogP contribution in [0.25, 0.3) is 0 Å². The molecular weight excluding hydrogens is 382 g/mol. The Kier molecular flexibility index (Phi) is 4.14. The second-order valence-electron chi connectivity index (χ2n) is 7.47. The number of nitrogens with two attached hydrogens (primary N) is 1. The molecular formula is C16H21BrClN3O2. The summed E-state index contributed by atoms with van der Waals surface area (Å²) in [7, 11) is 0. The second kappa shape index (κ2) is 5.60. The van der Waals surface area contributed by atoms with Gasteiger partial charge >= 0.3 is 6.09 Å². The normalized spacial score (nSPS) is 26.7. The smallest absolute Gasteiger partial charge is 0.416 e. The van der Waals surface area contributed by atoms with Crippen molar-refractivity contribution in [2.45, 2.75) is 57.1 Å². The Morgan fingerprint density at radius 2 is 2.26 bits per heavy atom. The number of carbonyl (C=O) groups excluding carboxylic acids is 1. The van der Waals surface area contributed by atoms with Gasteiger partial charge in [-0.1, -0.05) is 11.6 Å². The minimum absolute atomic E-state index is 0.122. The van der Waals surface area contributed by atoms with Crippen LogP contribution >= 0.6 is 27.5 Å². The zero-order valence-electron chi connectivity index (χ0n) is 13.5. The third-order valence-electron chi connectivity index (χ3n) is 4.46. The Morgan fingerprint density at radius 1 is 1.57 bits per heavy atom. The molecule has 1 saturated carbocycles. The van der Waals surface area contributed by atoms with Gasteiger partial charge in [0.2, 0.25) is 0 Å². The van der Waals surface area contributed by atoms with Crippen LogP contribution in [0.2, 0.25) is 5.02 Å². The summed E-state index contributed by atoms with van der Waals surface area (Å²) >= 11 is 9.99. The number of nitrogens with zero attached hydrogens (tertiary/aromatic N) is 2. The molecule has 1 aromatic heterocycles. The number of hydrogen-bond acceptors (Lipinski definition) is 4. The van der Waals surface area contributed by atoms with E-state index in [4.69, 9.17) is 22.1 Å². The van der Waals surface area contributed by atoms with Crippen LogP contribution in [0, 0.1) is 0 Å². The van der Waals surface area contributed by atoms with E-state index in [1.165, 1.54) is 0 Å². The molecule has 1 fully saturated rings. The van der Waals surface area contributed by atoms with Crippen LogP contribution in [-0.2, 0) is 10.2 Å². The molecule has 0 bridgehead atoms. The van der Waals surface area contributed by atoms with Crippen molar-refractivity contribution in [1.29, 1.82) is 0 Å².